The van der Waals surface area contributed by atoms with Crippen molar-refractivity contribution in [1.29, 1.82) is 0 Å². The lowest BCUT2D eigenvalue weighted by atomic mass is 10.1. The van der Waals surface area contributed by atoms with E-state index in [2.05, 4.69) is 22.2 Å². The SMILES string of the molecule is CNCC(C)CN(C)c1nc[nH]c(=O)c1I. The fourth-order valence-corrected chi connectivity index (χ4v) is 2.31. The topological polar surface area (TPSA) is 61.0 Å². The Morgan fingerprint density at radius 3 is 3.00 bits per heavy atom. The first-order valence-corrected chi connectivity index (χ1v) is 6.23. The van der Waals surface area contributed by atoms with Crippen molar-refractivity contribution in [2.24, 2.45) is 5.92 Å². The van der Waals surface area contributed by atoms with Gasteiger partial charge in [0.15, 0.2) is 0 Å². The molecule has 0 aromatic carbocycles. The highest BCUT2D eigenvalue weighted by Gasteiger charge is 2.12. The zero-order valence-electron chi connectivity index (χ0n) is 9.75. The van der Waals surface area contributed by atoms with Crippen molar-refractivity contribution in [3.8, 4) is 0 Å². The van der Waals surface area contributed by atoms with Gasteiger partial charge in [-0.15, -0.1) is 0 Å². The monoisotopic (exact) mass is 336 g/mol. The fourth-order valence-electron chi connectivity index (χ4n) is 1.61. The van der Waals surface area contributed by atoms with Gasteiger partial charge in [-0.3, -0.25) is 4.79 Å². The minimum Gasteiger partial charge on any atom is -0.358 e. The first-order valence-electron chi connectivity index (χ1n) is 5.15. The van der Waals surface area contributed by atoms with Gasteiger partial charge in [-0.25, -0.2) is 4.98 Å². The lowest BCUT2D eigenvalue weighted by Crippen LogP contribution is -2.31. The summed E-state index contributed by atoms with van der Waals surface area (Å²) in [6.07, 6.45) is 1.44. The van der Waals surface area contributed by atoms with E-state index < -0.39 is 0 Å². The van der Waals surface area contributed by atoms with E-state index in [1.54, 1.807) is 0 Å². The molecule has 1 heterocycles. The summed E-state index contributed by atoms with van der Waals surface area (Å²) >= 11 is 2.02. The quantitative estimate of drug-likeness (QED) is 0.776. The predicted molar refractivity (Wildman–Crippen MR) is 73.9 cm³/mol. The van der Waals surface area contributed by atoms with Crippen molar-refractivity contribution < 1.29 is 0 Å². The van der Waals surface area contributed by atoms with Crippen molar-refractivity contribution in [1.82, 2.24) is 15.3 Å². The van der Waals surface area contributed by atoms with E-state index in [-0.39, 0.29) is 5.56 Å². The van der Waals surface area contributed by atoms with E-state index in [1.807, 2.05) is 41.6 Å². The molecule has 0 aliphatic rings. The number of nitrogens with one attached hydrogen (secondary N) is 2. The molecule has 16 heavy (non-hydrogen) atoms. The van der Waals surface area contributed by atoms with Crippen molar-refractivity contribution in [2.75, 3.05) is 32.1 Å². The van der Waals surface area contributed by atoms with Crippen LogP contribution in [-0.4, -0.2) is 37.2 Å². The molecule has 6 heteroatoms. The number of nitrogens with zero attached hydrogens (tertiary/aromatic N) is 2. The van der Waals surface area contributed by atoms with Gasteiger partial charge in [0.05, 0.1) is 6.33 Å². The van der Waals surface area contributed by atoms with Crippen LogP contribution in [0.2, 0.25) is 0 Å². The Morgan fingerprint density at radius 1 is 1.69 bits per heavy atom. The van der Waals surface area contributed by atoms with Gasteiger partial charge in [-0.2, -0.15) is 0 Å². The van der Waals surface area contributed by atoms with Gasteiger partial charge < -0.3 is 15.2 Å². The lowest BCUT2D eigenvalue weighted by Gasteiger charge is -2.22. The van der Waals surface area contributed by atoms with Crippen LogP contribution in [0.1, 0.15) is 6.92 Å². The Hall–Kier alpha value is -0.630. The van der Waals surface area contributed by atoms with Crippen LogP contribution in [-0.2, 0) is 0 Å². The molecule has 2 N–H and O–H groups in total. The lowest BCUT2D eigenvalue weighted by molar-refractivity contribution is 0.540. The number of aromatic amines is 1. The molecule has 1 aromatic heterocycles. The Balaban J connectivity index is 2.76. The van der Waals surface area contributed by atoms with Crippen LogP contribution >= 0.6 is 22.6 Å². The molecular weight excluding hydrogens is 319 g/mol. The number of hydrogen-bond acceptors (Lipinski definition) is 4. The largest absolute Gasteiger partial charge is 0.358 e. The van der Waals surface area contributed by atoms with Crippen LogP contribution in [0.15, 0.2) is 11.1 Å². The molecule has 1 unspecified atom stereocenters. The summed E-state index contributed by atoms with van der Waals surface area (Å²) in [6.45, 7) is 3.98. The maximum absolute atomic E-state index is 11.4. The molecule has 0 aliphatic carbocycles. The molecule has 0 spiro atoms. The first-order chi connectivity index (χ1) is 7.56. The minimum atomic E-state index is -0.0845. The van der Waals surface area contributed by atoms with Crippen LogP contribution in [0, 0.1) is 9.49 Å². The molecule has 0 radical (unpaired) electrons. The van der Waals surface area contributed by atoms with E-state index in [0.29, 0.717) is 9.49 Å². The average Bonchev–Trinajstić information content (AvgIpc) is 2.22. The molecule has 1 rings (SSSR count). The van der Waals surface area contributed by atoms with Gasteiger partial charge in [0.25, 0.3) is 5.56 Å². The Bertz CT molecular complexity index is 393. The third-order valence-corrected chi connectivity index (χ3v) is 3.25. The highest BCUT2D eigenvalue weighted by Crippen LogP contribution is 2.14. The molecule has 0 amide bonds. The van der Waals surface area contributed by atoms with Crippen molar-refractivity contribution >= 4 is 28.4 Å². The number of anilines is 1. The number of aromatic nitrogens is 2. The van der Waals surface area contributed by atoms with Gasteiger partial charge in [0.1, 0.15) is 9.39 Å². The molecule has 0 saturated carbocycles. The van der Waals surface area contributed by atoms with E-state index in [1.165, 1.54) is 6.33 Å². The molecule has 0 saturated heterocycles. The second-order valence-corrected chi connectivity index (χ2v) is 4.99. The van der Waals surface area contributed by atoms with Crippen LogP contribution < -0.4 is 15.8 Å². The molecule has 0 fully saturated rings. The molecule has 0 bridgehead atoms. The zero-order valence-corrected chi connectivity index (χ0v) is 11.9. The first kappa shape index (κ1) is 13.4. The van der Waals surface area contributed by atoms with Crippen LogP contribution in [0.4, 0.5) is 5.82 Å². The second-order valence-electron chi connectivity index (χ2n) is 3.91. The van der Waals surface area contributed by atoms with E-state index in [4.69, 9.17) is 0 Å². The van der Waals surface area contributed by atoms with Gasteiger partial charge in [0, 0.05) is 13.6 Å². The summed E-state index contributed by atoms with van der Waals surface area (Å²) in [5.41, 5.74) is -0.0845. The van der Waals surface area contributed by atoms with Gasteiger partial charge >= 0.3 is 0 Å². The number of H-pyrrole nitrogens is 1. The summed E-state index contributed by atoms with van der Waals surface area (Å²) in [4.78, 5) is 20.2. The average molecular weight is 336 g/mol. The molecule has 5 nitrogen and oxygen atoms in total. The van der Waals surface area contributed by atoms with E-state index >= 15 is 0 Å². The maximum atomic E-state index is 11.4. The third kappa shape index (κ3) is 3.44. The smallest absolute Gasteiger partial charge is 0.266 e. The second kappa shape index (κ2) is 6.19. The molecule has 1 atom stereocenters. The van der Waals surface area contributed by atoms with Gasteiger partial charge in [-0.1, -0.05) is 6.92 Å². The summed E-state index contributed by atoms with van der Waals surface area (Å²) in [7, 11) is 3.89. The zero-order chi connectivity index (χ0) is 12.1. The van der Waals surface area contributed by atoms with Crippen molar-refractivity contribution in [3.05, 3.63) is 20.3 Å². The standard InChI is InChI=1S/C10H17IN4O/c1-7(4-12-2)5-15(3)9-8(11)10(16)14-6-13-9/h6-7,12H,4-5H2,1-3H3,(H,13,14,16). The summed E-state index contributed by atoms with van der Waals surface area (Å²) in [5, 5.41) is 3.13. The predicted octanol–water partition coefficient (Wildman–Crippen LogP) is 0.666. The molecule has 90 valence electrons. The number of rotatable bonds is 5. The highest BCUT2D eigenvalue weighted by molar-refractivity contribution is 14.1. The molecular formula is C10H17IN4O. The molecule has 1 aromatic rings. The fraction of sp³-hybridized carbons (Fsp3) is 0.600. The summed E-state index contributed by atoms with van der Waals surface area (Å²) in [5.74, 6) is 1.25. The number of halogens is 1. The van der Waals surface area contributed by atoms with Gasteiger partial charge in [0.2, 0.25) is 0 Å². The minimum absolute atomic E-state index is 0.0845. The van der Waals surface area contributed by atoms with Crippen LogP contribution in [0.3, 0.4) is 0 Å². The highest BCUT2D eigenvalue weighted by atomic mass is 127. The van der Waals surface area contributed by atoms with Crippen molar-refractivity contribution in [3.63, 3.8) is 0 Å². The number of hydrogen-bond donors (Lipinski definition) is 2. The normalized spacial score (nSPS) is 12.5. The Labute approximate surface area is 109 Å². The van der Waals surface area contributed by atoms with Crippen LogP contribution in [0.25, 0.3) is 0 Å². The van der Waals surface area contributed by atoms with Gasteiger partial charge in [-0.05, 0) is 42.1 Å². The van der Waals surface area contributed by atoms with E-state index in [0.717, 1.165) is 18.9 Å². The Kier molecular flexibility index (Phi) is 5.20. The third-order valence-electron chi connectivity index (χ3n) is 2.28. The van der Waals surface area contributed by atoms with Crippen LogP contribution in [0.5, 0.6) is 0 Å². The summed E-state index contributed by atoms with van der Waals surface area (Å²) in [6, 6.07) is 0. The van der Waals surface area contributed by atoms with Crippen molar-refractivity contribution in [2.45, 2.75) is 6.92 Å². The molecule has 0 aliphatic heterocycles. The Morgan fingerprint density at radius 2 is 2.38 bits per heavy atom. The maximum Gasteiger partial charge on any atom is 0.266 e. The summed E-state index contributed by atoms with van der Waals surface area (Å²) < 4.78 is 0.638. The van der Waals surface area contributed by atoms with E-state index in [9.17, 15) is 4.79 Å².